The Hall–Kier alpha value is -5.16. The predicted molar refractivity (Wildman–Crippen MR) is 177 cm³/mol. The van der Waals surface area contributed by atoms with E-state index >= 15 is 0 Å². The highest BCUT2D eigenvalue weighted by Crippen LogP contribution is 2.39. The number of fused-ring (bicyclic) bond motifs is 3. The summed E-state index contributed by atoms with van der Waals surface area (Å²) in [5, 5.41) is 11.2. The molecule has 7 rings (SSSR count). The minimum atomic E-state index is 0.0913. The lowest BCUT2D eigenvalue weighted by Crippen LogP contribution is -2.10. The molecular formula is C38H34N4O. The van der Waals surface area contributed by atoms with Gasteiger partial charge in [0.1, 0.15) is 0 Å². The zero-order valence-electron chi connectivity index (χ0n) is 25.0. The van der Waals surface area contributed by atoms with Crippen LogP contribution < -0.4 is 4.90 Å². The van der Waals surface area contributed by atoms with Crippen LogP contribution in [-0.4, -0.2) is 14.8 Å². The van der Waals surface area contributed by atoms with Crippen molar-refractivity contribution in [2.75, 3.05) is 4.90 Å². The van der Waals surface area contributed by atoms with E-state index in [9.17, 15) is 0 Å². The summed E-state index contributed by atoms with van der Waals surface area (Å²) in [6.07, 6.45) is 0. The molecule has 0 radical (unpaired) electrons. The minimum Gasteiger partial charge on any atom is -0.416 e. The van der Waals surface area contributed by atoms with E-state index in [2.05, 4.69) is 138 Å². The topological polar surface area (TPSA) is 47.1 Å². The van der Waals surface area contributed by atoms with Crippen molar-refractivity contribution in [2.24, 2.45) is 0 Å². The van der Waals surface area contributed by atoms with E-state index in [1.807, 2.05) is 30.3 Å². The molecular weight excluding hydrogens is 528 g/mol. The van der Waals surface area contributed by atoms with E-state index < -0.39 is 0 Å². The van der Waals surface area contributed by atoms with E-state index in [-0.39, 0.29) is 5.41 Å². The van der Waals surface area contributed by atoms with Gasteiger partial charge in [-0.15, -0.1) is 10.2 Å². The Labute approximate surface area is 252 Å². The molecule has 5 nitrogen and oxygen atoms in total. The van der Waals surface area contributed by atoms with E-state index in [0.29, 0.717) is 11.8 Å². The molecule has 0 atom stereocenters. The average molecular weight is 563 g/mol. The first kappa shape index (κ1) is 26.7. The molecule has 43 heavy (non-hydrogen) atoms. The number of para-hydroxylation sites is 2. The third kappa shape index (κ3) is 4.87. The highest BCUT2D eigenvalue weighted by atomic mass is 16.4. The molecule has 0 aliphatic carbocycles. The van der Waals surface area contributed by atoms with Crippen molar-refractivity contribution in [3.05, 3.63) is 127 Å². The summed E-state index contributed by atoms with van der Waals surface area (Å²) in [6, 6.07) is 42.6. The molecule has 5 aromatic carbocycles. The van der Waals surface area contributed by atoms with Gasteiger partial charge in [0, 0.05) is 56.5 Å². The monoisotopic (exact) mass is 562 g/mol. The van der Waals surface area contributed by atoms with Gasteiger partial charge in [0.25, 0.3) is 0 Å². The molecule has 2 heterocycles. The van der Waals surface area contributed by atoms with E-state index in [4.69, 9.17) is 4.42 Å². The lowest BCUT2D eigenvalue weighted by atomic mass is 9.87. The molecule has 0 amide bonds. The first-order valence-corrected chi connectivity index (χ1v) is 14.8. The minimum absolute atomic E-state index is 0.0913. The number of hydrogen-bond donors (Lipinski definition) is 0. The van der Waals surface area contributed by atoms with Gasteiger partial charge in [-0.2, -0.15) is 0 Å². The number of nitrogens with zero attached hydrogens (tertiary/aromatic N) is 4. The van der Waals surface area contributed by atoms with Crippen LogP contribution in [0.25, 0.3) is 44.7 Å². The van der Waals surface area contributed by atoms with Gasteiger partial charge in [-0.3, -0.25) is 0 Å². The molecule has 0 bridgehead atoms. The lowest BCUT2D eigenvalue weighted by Gasteiger charge is -2.25. The quantitative estimate of drug-likeness (QED) is 0.202. The Kier molecular flexibility index (Phi) is 6.58. The predicted octanol–water partition coefficient (Wildman–Crippen LogP) is 10.3. The summed E-state index contributed by atoms with van der Waals surface area (Å²) in [7, 11) is 0. The zero-order chi connectivity index (χ0) is 29.6. The number of hydrogen-bond acceptors (Lipinski definition) is 4. The Morgan fingerprint density at radius 1 is 0.605 bits per heavy atom. The molecule has 0 saturated heterocycles. The van der Waals surface area contributed by atoms with Crippen molar-refractivity contribution in [2.45, 2.75) is 39.7 Å². The largest absolute Gasteiger partial charge is 0.416 e. The molecule has 7 aromatic rings. The number of rotatable bonds is 6. The Morgan fingerprint density at radius 2 is 1.16 bits per heavy atom. The van der Waals surface area contributed by atoms with Crippen LogP contribution in [0.4, 0.5) is 17.1 Å². The van der Waals surface area contributed by atoms with Crippen LogP contribution in [0.3, 0.4) is 0 Å². The van der Waals surface area contributed by atoms with E-state index in [0.717, 1.165) is 34.7 Å². The number of benzene rings is 5. The van der Waals surface area contributed by atoms with Gasteiger partial charge in [0.2, 0.25) is 11.8 Å². The van der Waals surface area contributed by atoms with Crippen LogP contribution in [0.5, 0.6) is 0 Å². The first-order valence-electron chi connectivity index (χ1n) is 14.8. The smallest absolute Gasteiger partial charge is 0.248 e. The molecule has 212 valence electrons. The third-order valence-corrected chi connectivity index (χ3v) is 8.14. The van der Waals surface area contributed by atoms with Gasteiger partial charge in [-0.05, 0) is 90.7 Å². The van der Waals surface area contributed by atoms with Gasteiger partial charge < -0.3 is 13.9 Å². The summed E-state index contributed by atoms with van der Waals surface area (Å²) < 4.78 is 8.50. The van der Waals surface area contributed by atoms with Crippen molar-refractivity contribution >= 4 is 38.9 Å². The van der Waals surface area contributed by atoms with Crippen molar-refractivity contribution in [1.82, 2.24) is 14.8 Å². The second kappa shape index (κ2) is 10.6. The van der Waals surface area contributed by atoms with Crippen molar-refractivity contribution in [3.8, 4) is 22.9 Å². The van der Waals surface area contributed by atoms with Crippen LogP contribution in [0.1, 0.15) is 33.3 Å². The number of aryl methyl sites for hydroxylation is 1. The fourth-order valence-electron chi connectivity index (χ4n) is 5.87. The molecule has 0 unspecified atom stereocenters. The standard InChI is InChI=1S/C38H34N4O/c1-5-41-34-14-10-9-13-32(34)33-25-31(23-24-35(33)41)42(29-11-7-6-8-12-29)30-21-17-27(18-22-30)37-40-39-36(43-37)26-15-19-28(20-16-26)38(2,3)4/h6-25H,5H2,1-4H3. The van der Waals surface area contributed by atoms with Crippen LogP contribution in [0.2, 0.25) is 0 Å². The number of anilines is 3. The second-order valence-corrected chi connectivity index (χ2v) is 11.9. The molecule has 0 N–H and O–H groups in total. The molecule has 0 saturated carbocycles. The van der Waals surface area contributed by atoms with Crippen LogP contribution in [0.15, 0.2) is 126 Å². The molecule has 0 fully saturated rings. The van der Waals surface area contributed by atoms with Crippen molar-refractivity contribution in [3.63, 3.8) is 0 Å². The van der Waals surface area contributed by atoms with Crippen LogP contribution in [0, 0.1) is 0 Å². The van der Waals surface area contributed by atoms with Crippen LogP contribution in [-0.2, 0) is 12.0 Å². The first-order chi connectivity index (χ1) is 20.9. The van der Waals surface area contributed by atoms with Gasteiger partial charge >= 0.3 is 0 Å². The summed E-state index contributed by atoms with van der Waals surface area (Å²) in [6.45, 7) is 9.75. The maximum Gasteiger partial charge on any atom is 0.248 e. The molecule has 0 spiro atoms. The molecule has 0 aliphatic rings. The fraction of sp³-hybridized carbons (Fsp3) is 0.158. The number of aromatic nitrogens is 3. The van der Waals surface area contributed by atoms with Gasteiger partial charge in [-0.1, -0.05) is 69.3 Å². The van der Waals surface area contributed by atoms with Gasteiger partial charge in [0.15, 0.2) is 0 Å². The molecule has 2 aromatic heterocycles. The van der Waals surface area contributed by atoms with Crippen molar-refractivity contribution < 1.29 is 4.42 Å². The Bertz CT molecular complexity index is 2030. The third-order valence-electron chi connectivity index (χ3n) is 8.14. The highest BCUT2D eigenvalue weighted by molar-refractivity contribution is 6.09. The molecule has 0 aliphatic heterocycles. The summed E-state index contributed by atoms with van der Waals surface area (Å²) in [5.41, 5.74) is 8.90. The van der Waals surface area contributed by atoms with Gasteiger partial charge in [0.05, 0.1) is 0 Å². The SMILES string of the molecule is CCn1c2ccccc2c2cc(N(c3ccccc3)c3ccc(-c4nnc(-c5ccc(C(C)(C)C)cc5)o4)cc3)ccc21. The van der Waals surface area contributed by atoms with Crippen LogP contribution >= 0.6 is 0 Å². The normalized spacial score (nSPS) is 11.8. The van der Waals surface area contributed by atoms with Gasteiger partial charge in [-0.25, -0.2) is 0 Å². The summed E-state index contributed by atoms with van der Waals surface area (Å²) >= 11 is 0. The molecule has 5 heteroatoms. The fourth-order valence-corrected chi connectivity index (χ4v) is 5.87. The average Bonchev–Trinajstić information content (AvgIpc) is 3.65. The van der Waals surface area contributed by atoms with Crippen molar-refractivity contribution in [1.29, 1.82) is 0 Å². The highest BCUT2D eigenvalue weighted by Gasteiger charge is 2.18. The Morgan fingerprint density at radius 3 is 1.81 bits per heavy atom. The maximum absolute atomic E-state index is 6.11. The Balaban J connectivity index is 1.25. The second-order valence-electron chi connectivity index (χ2n) is 11.9. The summed E-state index contributed by atoms with van der Waals surface area (Å²) in [5.74, 6) is 1.02. The van der Waals surface area contributed by atoms with E-state index in [1.54, 1.807) is 0 Å². The maximum atomic E-state index is 6.11. The summed E-state index contributed by atoms with van der Waals surface area (Å²) in [4.78, 5) is 2.29. The lowest BCUT2D eigenvalue weighted by molar-refractivity contribution is 0.582. The zero-order valence-corrected chi connectivity index (χ0v) is 25.0. The van der Waals surface area contributed by atoms with E-state index in [1.165, 1.54) is 27.4 Å².